The molecule has 0 spiro atoms. The number of carboxylic acids is 1. The quantitative estimate of drug-likeness (QED) is 0.231. The fourth-order valence-corrected chi connectivity index (χ4v) is 5.43. The fraction of sp³-hybridized carbons (Fsp3) is 0.371. The summed E-state index contributed by atoms with van der Waals surface area (Å²) in [6, 6.07) is 25.5. The molecule has 238 valence electrons. The SMILES string of the molecule is CC(C)CN(CCC(=O)N(CCNC(=O)OCc1ccccc1)CCC(=O)O)C(=O)OCC1c2ccccc2-c2ccccc21. The molecule has 0 fully saturated rings. The molecule has 0 heterocycles. The largest absolute Gasteiger partial charge is 0.481 e. The van der Waals surface area contributed by atoms with Crippen LogP contribution in [-0.4, -0.2) is 78.3 Å². The molecule has 0 atom stereocenters. The van der Waals surface area contributed by atoms with Gasteiger partial charge in [0.2, 0.25) is 5.91 Å². The molecule has 0 saturated heterocycles. The van der Waals surface area contributed by atoms with Gasteiger partial charge >= 0.3 is 18.2 Å². The molecule has 3 aromatic carbocycles. The molecule has 1 aliphatic rings. The van der Waals surface area contributed by atoms with E-state index in [1.165, 1.54) is 9.80 Å². The van der Waals surface area contributed by atoms with Crippen LogP contribution in [0.3, 0.4) is 0 Å². The predicted octanol–water partition coefficient (Wildman–Crippen LogP) is 5.51. The van der Waals surface area contributed by atoms with Gasteiger partial charge in [-0.2, -0.15) is 0 Å². The maximum absolute atomic E-state index is 13.3. The van der Waals surface area contributed by atoms with Crippen molar-refractivity contribution in [3.63, 3.8) is 0 Å². The van der Waals surface area contributed by atoms with Crippen LogP contribution in [0.25, 0.3) is 11.1 Å². The summed E-state index contributed by atoms with van der Waals surface area (Å²) in [5, 5.41) is 11.8. The van der Waals surface area contributed by atoms with Gasteiger partial charge < -0.3 is 29.7 Å². The molecule has 4 rings (SSSR count). The molecule has 1 aliphatic carbocycles. The smallest absolute Gasteiger partial charge is 0.409 e. The van der Waals surface area contributed by atoms with Crippen molar-refractivity contribution in [1.82, 2.24) is 15.1 Å². The predicted molar refractivity (Wildman–Crippen MR) is 170 cm³/mol. The molecule has 0 radical (unpaired) electrons. The zero-order chi connectivity index (χ0) is 32.2. The molecule has 3 aromatic rings. The topological polar surface area (TPSA) is 125 Å². The van der Waals surface area contributed by atoms with Crippen molar-refractivity contribution in [2.45, 2.75) is 39.2 Å². The molecule has 0 unspecified atom stereocenters. The van der Waals surface area contributed by atoms with E-state index in [0.29, 0.717) is 6.54 Å². The number of ether oxygens (including phenoxy) is 2. The molecule has 0 aromatic heterocycles. The number of benzene rings is 3. The molecular weight excluding hydrogens is 574 g/mol. The van der Waals surface area contributed by atoms with Crippen LogP contribution in [0.5, 0.6) is 0 Å². The van der Waals surface area contributed by atoms with E-state index in [1.807, 2.05) is 68.4 Å². The van der Waals surface area contributed by atoms with Gasteiger partial charge in [0.1, 0.15) is 13.2 Å². The van der Waals surface area contributed by atoms with Gasteiger partial charge in [-0.15, -0.1) is 0 Å². The highest BCUT2D eigenvalue weighted by Gasteiger charge is 2.30. The molecular formula is C35H41N3O7. The summed E-state index contributed by atoms with van der Waals surface area (Å²) < 4.78 is 11.0. The van der Waals surface area contributed by atoms with E-state index in [0.717, 1.165) is 27.8 Å². The number of alkyl carbamates (subject to hydrolysis) is 1. The van der Waals surface area contributed by atoms with Gasteiger partial charge in [-0.05, 0) is 33.7 Å². The van der Waals surface area contributed by atoms with E-state index in [4.69, 9.17) is 9.47 Å². The van der Waals surface area contributed by atoms with Crippen molar-refractivity contribution in [3.8, 4) is 11.1 Å². The lowest BCUT2D eigenvalue weighted by Gasteiger charge is -2.27. The van der Waals surface area contributed by atoms with E-state index in [-0.39, 0.29) is 70.0 Å². The summed E-state index contributed by atoms with van der Waals surface area (Å²) in [5.74, 6) is -1.31. The first-order valence-electron chi connectivity index (χ1n) is 15.3. The van der Waals surface area contributed by atoms with Crippen LogP contribution in [0, 0.1) is 5.92 Å². The van der Waals surface area contributed by atoms with Crippen molar-refractivity contribution < 1.29 is 33.8 Å². The number of nitrogens with one attached hydrogen (secondary N) is 1. The minimum absolute atomic E-state index is 0.0189. The summed E-state index contributed by atoms with van der Waals surface area (Å²) in [5.41, 5.74) is 5.35. The first-order valence-corrected chi connectivity index (χ1v) is 15.3. The second kappa shape index (κ2) is 16.3. The number of fused-ring (bicyclic) bond motifs is 3. The summed E-state index contributed by atoms with van der Waals surface area (Å²) in [4.78, 5) is 52.8. The van der Waals surface area contributed by atoms with E-state index >= 15 is 0 Å². The molecule has 10 nitrogen and oxygen atoms in total. The third kappa shape index (κ3) is 9.56. The van der Waals surface area contributed by atoms with Crippen molar-refractivity contribution in [1.29, 1.82) is 0 Å². The van der Waals surface area contributed by atoms with Crippen LogP contribution in [0.4, 0.5) is 9.59 Å². The van der Waals surface area contributed by atoms with Gasteiger partial charge in [0, 0.05) is 45.1 Å². The number of nitrogens with zero attached hydrogens (tertiary/aromatic N) is 2. The number of amides is 3. The normalized spacial score (nSPS) is 11.8. The Morgan fingerprint density at radius 1 is 0.778 bits per heavy atom. The second-order valence-electron chi connectivity index (χ2n) is 11.4. The average molecular weight is 616 g/mol. The maximum Gasteiger partial charge on any atom is 0.409 e. The third-order valence-electron chi connectivity index (χ3n) is 7.59. The van der Waals surface area contributed by atoms with E-state index in [1.54, 1.807) is 0 Å². The number of aliphatic carboxylic acids is 1. The lowest BCUT2D eigenvalue weighted by atomic mass is 9.98. The van der Waals surface area contributed by atoms with Crippen LogP contribution < -0.4 is 5.32 Å². The highest BCUT2D eigenvalue weighted by Crippen LogP contribution is 2.44. The second-order valence-corrected chi connectivity index (χ2v) is 11.4. The van der Waals surface area contributed by atoms with Gasteiger partial charge in [-0.1, -0.05) is 92.7 Å². The molecule has 0 bridgehead atoms. The number of carboxylic acid groups (broad SMARTS) is 1. The highest BCUT2D eigenvalue weighted by atomic mass is 16.6. The zero-order valence-electron chi connectivity index (χ0n) is 25.8. The van der Waals surface area contributed by atoms with Crippen molar-refractivity contribution in [2.24, 2.45) is 5.92 Å². The molecule has 0 aliphatic heterocycles. The van der Waals surface area contributed by atoms with E-state index < -0.39 is 18.2 Å². The number of carbonyl (C=O) groups excluding carboxylic acids is 3. The number of hydrogen-bond acceptors (Lipinski definition) is 6. The molecule has 3 amide bonds. The Kier molecular flexibility index (Phi) is 12.0. The van der Waals surface area contributed by atoms with E-state index in [2.05, 4.69) is 29.6 Å². The summed E-state index contributed by atoms with van der Waals surface area (Å²) >= 11 is 0. The monoisotopic (exact) mass is 615 g/mol. The third-order valence-corrected chi connectivity index (χ3v) is 7.59. The Hall–Kier alpha value is -4.86. The Morgan fingerprint density at radius 3 is 2.00 bits per heavy atom. The fourth-order valence-electron chi connectivity index (χ4n) is 5.43. The first-order chi connectivity index (χ1) is 21.7. The van der Waals surface area contributed by atoms with Gasteiger partial charge in [-0.25, -0.2) is 9.59 Å². The summed E-state index contributed by atoms with van der Waals surface area (Å²) in [6.07, 6.45) is -1.40. The van der Waals surface area contributed by atoms with Gasteiger partial charge in [0.25, 0.3) is 0 Å². The molecule has 45 heavy (non-hydrogen) atoms. The lowest BCUT2D eigenvalue weighted by Crippen LogP contribution is -2.42. The standard InChI is InChI=1S/C35H41N3O7/c1-25(2)22-38(35(43)45-24-31-29-14-8-6-12-27(29)28-13-7-9-15-30(28)31)19-16-32(39)37(20-17-33(40)41)21-18-36-34(42)44-23-26-10-4-3-5-11-26/h3-15,25,31H,16-24H2,1-2H3,(H,36,42)(H,40,41). The van der Waals surface area contributed by atoms with Crippen LogP contribution in [-0.2, 0) is 25.7 Å². The number of hydrogen-bond donors (Lipinski definition) is 2. The number of carbonyl (C=O) groups is 4. The highest BCUT2D eigenvalue weighted by molar-refractivity contribution is 5.80. The Labute approximate surface area is 263 Å². The Morgan fingerprint density at radius 2 is 1.38 bits per heavy atom. The average Bonchev–Trinajstić information content (AvgIpc) is 3.36. The van der Waals surface area contributed by atoms with Crippen LogP contribution in [0.1, 0.15) is 49.3 Å². The lowest BCUT2D eigenvalue weighted by molar-refractivity contribution is -0.138. The minimum atomic E-state index is -1.04. The van der Waals surface area contributed by atoms with Gasteiger partial charge in [0.15, 0.2) is 0 Å². The van der Waals surface area contributed by atoms with Crippen LogP contribution >= 0.6 is 0 Å². The van der Waals surface area contributed by atoms with Crippen LogP contribution in [0.15, 0.2) is 78.9 Å². The van der Waals surface area contributed by atoms with Gasteiger partial charge in [0.05, 0.1) is 6.42 Å². The van der Waals surface area contributed by atoms with Crippen molar-refractivity contribution in [3.05, 3.63) is 95.6 Å². The molecule has 0 saturated carbocycles. The Bertz CT molecular complexity index is 1410. The number of rotatable bonds is 15. The summed E-state index contributed by atoms with van der Waals surface area (Å²) in [6.45, 7) is 4.91. The van der Waals surface area contributed by atoms with Crippen molar-refractivity contribution >= 4 is 24.1 Å². The summed E-state index contributed by atoms with van der Waals surface area (Å²) in [7, 11) is 0. The molecule has 2 N–H and O–H groups in total. The molecule has 10 heteroatoms. The van der Waals surface area contributed by atoms with Gasteiger partial charge in [-0.3, -0.25) is 9.59 Å². The van der Waals surface area contributed by atoms with E-state index in [9.17, 15) is 24.3 Å². The Balaban J connectivity index is 1.31. The maximum atomic E-state index is 13.3. The minimum Gasteiger partial charge on any atom is -0.481 e. The zero-order valence-corrected chi connectivity index (χ0v) is 25.8. The van der Waals surface area contributed by atoms with Crippen molar-refractivity contribution in [2.75, 3.05) is 39.3 Å². The van der Waals surface area contributed by atoms with Crippen LogP contribution in [0.2, 0.25) is 0 Å². The first kappa shape index (κ1) is 33.0.